The molecule has 3 atom stereocenters. The van der Waals surface area contributed by atoms with Crippen molar-refractivity contribution in [3.05, 3.63) is 42.5 Å². The van der Waals surface area contributed by atoms with E-state index in [0.29, 0.717) is 12.5 Å². The Hall–Kier alpha value is -1.32. The van der Waals surface area contributed by atoms with Gasteiger partial charge in [0.25, 0.3) is 0 Å². The summed E-state index contributed by atoms with van der Waals surface area (Å²) < 4.78 is 5.54. The van der Waals surface area contributed by atoms with Gasteiger partial charge in [-0.05, 0) is 43.5 Å². The Morgan fingerprint density at radius 1 is 1.29 bits per heavy atom. The van der Waals surface area contributed by atoms with Gasteiger partial charge in [0.1, 0.15) is 12.4 Å². The molecule has 21 heavy (non-hydrogen) atoms. The molecule has 1 aliphatic heterocycles. The van der Waals surface area contributed by atoms with Crippen molar-refractivity contribution >= 4 is 0 Å². The minimum atomic E-state index is -0.466. The van der Waals surface area contributed by atoms with E-state index >= 15 is 0 Å². The van der Waals surface area contributed by atoms with Crippen LogP contribution >= 0.6 is 0 Å². The van der Waals surface area contributed by atoms with Crippen molar-refractivity contribution < 1.29 is 9.84 Å². The molecule has 3 nitrogen and oxygen atoms in total. The van der Waals surface area contributed by atoms with Crippen LogP contribution in [0.5, 0.6) is 5.75 Å². The van der Waals surface area contributed by atoms with Gasteiger partial charge in [0.15, 0.2) is 0 Å². The average molecular weight is 287 g/mol. The zero-order valence-electron chi connectivity index (χ0n) is 12.6. The van der Waals surface area contributed by atoms with Gasteiger partial charge in [-0.2, -0.15) is 0 Å². The van der Waals surface area contributed by atoms with Crippen molar-refractivity contribution in [1.82, 2.24) is 5.32 Å². The normalized spacial score (nSPS) is 32.2. The van der Waals surface area contributed by atoms with E-state index < -0.39 is 5.60 Å². The fourth-order valence-corrected chi connectivity index (χ4v) is 3.90. The second-order valence-electron chi connectivity index (χ2n) is 6.31. The summed E-state index contributed by atoms with van der Waals surface area (Å²) in [6, 6.07) is 8.53. The largest absolute Gasteiger partial charge is 0.490 e. The number of fused-ring (bicyclic) bond motifs is 1. The van der Waals surface area contributed by atoms with Crippen LogP contribution in [-0.2, 0) is 0 Å². The van der Waals surface area contributed by atoms with Crippen LogP contribution < -0.4 is 10.1 Å². The molecule has 3 unspecified atom stereocenters. The fourth-order valence-electron chi connectivity index (χ4n) is 3.90. The molecule has 2 N–H and O–H groups in total. The van der Waals surface area contributed by atoms with Crippen LogP contribution in [-0.4, -0.2) is 23.9 Å². The van der Waals surface area contributed by atoms with Crippen LogP contribution in [0.25, 0.3) is 0 Å². The lowest BCUT2D eigenvalue weighted by molar-refractivity contribution is -0.0861. The Morgan fingerprint density at radius 3 is 2.86 bits per heavy atom. The second kappa shape index (κ2) is 6.20. The van der Waals surface area contributed by atoms with Gasteiger partial charge in [0, 0.05) is 12.0 Å². The highest BCUT2D eigenvalue weighted by Crippen LogP contribution is 2.45. The van der Waals surface area contributed by atoms with Crippen LogP contribution in [0.1, 0.15) is 43.7 Å². The molecule has 0 bridgehead atoms. The van der Waals surface area contributed by atoms with Crippen molar-refractivity contribution in [2.75, 3.05) is 13.2 Å². The first-order valence-electron chi connectivity index (χ1n) is 8.02. The summed E-state index contributed by atoms with van der Waals surface area (Å²) in [5.41, 5.74) is 0.789. The number of nitrogens with one attached hydrogen (secondary N) is 1. The van der Waals surface area contributed by atoms with Crippen molar-refractivity contribution in [3.63, 3.8) is 0 Å². The van der Waals surface area contributed by atoms with Gasteiger partial charge in [0.05, 0.1) is 5.60 Å². The zero-order valence-corrected chi connectivity index (χ0v) is 12.6. The van der Waals surface area contributed by atoms with Crippen LogP contribution in [0.4, 0.5) is 0 Å². The number of piperidine rings is 1. The van der Waals surface area contributed by atoms with E-state index in [1.807, 2.05) is 12.1 Å². The molecule has 2 fully saturated rings. The average Bonchev–Trinajstić information content (AvgIpc) is 2.52. The predicted octanol–water partition coefficient (Wildman–Crippen LogP) is 3.21. The van der Waals surface area contributed by atoms with Gasteiger partial charge in [0.2, 0.25) is 0 Å². The van der Waals surface area contributed by atoms with E-state index in [-0.39, 0.29) is 6.04 Å². The molecular weight excluding hydrogens is 262 g/mol. The molecule has 0 radical (unpaired) electrons. The number of ether oxygens (including phenoxy) is 1. The molecule has 0 aromatic heterocycles. The first-order valence-corrected chi connectivity index (χ1v) is 8.02. The lowest BCUT2D eigenvalue weighted by atomic mass is 9.67. The standard InChI is InChI=1S/C18H25NO2/c1-2-13-21-15-8-6-14(7-9-15)17-16-5-3-4-10-18(16,20)11-12-19-17/h2,6-9,16-17,19-20H,1,3-5,10-13H2. The van der Waals surface area contributed by atoms with Gasteiger partial charge in [-0.3, -0.25) is 0 Å². The summed E-state index contributed by atoms with van der Waals surface area (Å²) in [5, 5.41) is 14.5. The monoisotopic (exact) mass is 287 g/mol. The van der Waals surface area contributed by atoms with E-state index in [4.69, 9.17) is 4.74 Å². The minimum absolute atomic E-state index is 0.262. The van der Waals surface area contributed by atoms with Gasteiger partial charge in [-0.25, -0.2) is 0 Å². The van der Waals surface area contributed by atoms with Crippen molar-refractivity contribution in [2.24, 2.45) is 5.92 Å². The third kappa shape index (κ3) is 2.99. The molecule has 1 saturated heterocycles. The molecule has 3 rings (SSSR count). The summed E-state index contributed by atoms with van der Waals surface area (Å²) in [5.74, 6) is 1.20. The van der Waals surface area contributed by atoms with E-state index in [2.05, 4.69) is 24.0 Å². The van der Waals surface area contributed by atoms with Gasteiger partial charge in [-0.15, -0.1) is 0 Å². The molecule has 0 spiro atoms. The van der Waals surface area contributed by atoms with Crippen molar-refractivity contribution in [1.29, 1.82) is 0 Å². The number of hydrogen-bond acceptors (Lipinski definition) is 3. The molecule has 0 amide bonds. The van der Waals surface area contributed by atoms with Crippen LogP contribution in [0.3, 0.4) is 0 Å². The molecule has 1 aliphatic carbocycles. The minimum Gasteiger partial charge on any atom is -0.490 e. The summed E-state index contributed by atoms with van der Waals surface area (Å²) in [6.07, 6.45) is 7.09. The maximum Gasteiger partial charge on any atom is 0.119 e. The fraction of sp³-hybridized carbons (Fsp3) is 0.556. The van der Waals surface area contributed by atoms with Gasteiger partial charge in [-0.1, -0.05) is 37.6 Å². The van der Waals surface area contributed by atoms with Crippen LogP contribution in [0.15, 0.2) is 36.9 Å². The molecular formula is C18H25NO2. The van der Waals surface area contributed by atoms with Gasteiger partial charge < -0.3 is 15.2 Å². The molecule has 1 heterocycles. The summed E-state index contributed by atoms with van der Waals surface area (Å²) in [7, 11) is 0. The highest BCUT2D eigenvalue weighted by atomic mass is 16.5. The number of rotatable bonds is 4. The van der Waals surface area contributed by atoms with E-state index in [1.165, 1.54) is 12.0 Å². The number of aliphatic hydroxyl groups is 1. The zero-order chi connectivity index (χ0) is 14.7. The molecule has 1 saturated carbocycles. The number of hydrogen-bond donors (Lipinski definition) is 2. The van der Waals surface area contributed by atoms with E-state index in [0.717, 1.165) is 38.0 Å². The van der Waals surface area contributed by atoms with E-state index in [9.17, 15) is 5.11 Å². The topological polar surface area (TPSA) is 41.5 Å². The molecule has 1 aromatic carbocycles. The highest BCUT2D eigenvalue weighted by Gasteiger charge is 2.45. The Balaban J connectivity index is 1.77. The highest BCUT2D eigenvalue weighted by molar-refractivity contribution is 5.30. The second-order valence-corrected chi connectivity index (χ2v) is 6.31. The van der Waals surface area contributed by atoms with Crippen molar-refractivity contribution in [3.8, 4) is 5.75 Å². The van der Waals surface area contributed by atoms with Crippen LogP contribution in [0.2, 0.25) is 0 Å². The van der Waals surface area contributed by atoms with Crippen molar-refractivity contribution in [2.45, 2.75) is 43.7 Å². The number of benzene rings is 1. The smallest absolute Gasteiger partial charge is 0.119 e. The Morgan fingerprint density at radius 2 is 2.10 bits per heavy atom. The molecule has 3 heteroatoms. The first kappa shape index (κ1) is 14.6. The lowest BCUT2D eigenvalue weighted by Crippen LogP contribution is -2.53. The Kier molecular flexibility index (Phi) is 4.32. The third-order valence-corrected chi connectivity index (χ3v) is 5.00. The SMILES string of the molecule is C=CCOc1ccc(C2NCCC3(O)CCCCC23)cc1. The lowest BCUT2D eigenvalue weighted by Gasteiger charge is -2.48. The summed E-state index contributed by atoms with van der Waals surface area (Å²) in [6.45, 7) is 5.08. The summed E-state index contributed by atoms with van der Waals surface area (Å²) >= 11 is 0. The Bertz CT molecular complexity index is 480. The maximum absolute atomic E-state index is 10.9. The van der Waals surface area contributed by atoms with Gasteiger partial charge >= 0.3 is 0 Å². The Labute approximate surface area is 127 Å². The summed E-state index contributed by atoms with van der Waals surface area (Å²) in [4.78, 5) is 0. The maximum atomic E-state index is 10.9. The molecule has 1 aromatic rings. The molecule has 114 valence electrons. The van der Waals surface area contributed by atoms with Crippen LogP contribution in [0, 0.1) is 5.92 Å². The molecule has 2 aliphatic rings. The quantitative estimate of drug-likeness (QED) is 0.836. The van der Waals surface area contributed by atoms with E-state index in [1.54, 1.807) is 6.08 Å². The first-order chi connectivity index (χ1) is 10.2. The predicted molar refractivity (Wildman–Crippen MR) is 84.4 cm³/mol. The third-order valence-electron chi connectivity index (χ3n) is 5.00.